The number of hydrogen-bond donors (Lipinski definition) is 1. The molecule has 0 radical (unpaired) electrons. The number of carbonyl (C=O) groups excluding carboxylic acids is 1. The smallest absolute Gasteiger partial charge is 0.224 e. The van der Waals surface area contributed by atoms with E-state index >= 15 is 0 Å². The second kappa shape index (κ2) is 7.05. The highest BCUT2D eigenvalue weighted by Gasteiger charge is 2.19. The molecule has 1 aliphatic rings. The minimum absolute atomic E-state index is 0.0572. The van der Waals surface area contributed by atoms with Gasteiger partial charge in [-0.1, -0.05) is 32.9 Å². The molecule has 0 bridgehead atoms. The van der Waals surface area contributed by atoms with Gasteiger partial charge >= 0.3 is 0 Å². The minimum Gasteiger partial charge on any atom is -0.457 e. The largest absolute Gasteiger partial charge is 0.457 e. The van der Waals surface area contributed by atoms with Crippen LogP contribution in [0.2, 0.25) is 0 Å². The number of nitrogens with one attached hydrogen (secondary N) is 1. The quantitative estimate of drug-likeness (QED) is 0.858. The topological polar surface area (TPSA) is 62.1 Å². The van der Waals surface area contributed by atoms with Gasteiger partial charge in [0.25, 0.3) is 0 Å². The molecule has 3 rings (SSSR count). The molecule has 0 aromatic heterocycles. The van der Waals surface area contributed by atoms with Crippen LogP contribution in [0.5, 0.6) is 11.5 Å². The van der Waals surface area contributed by atoms with Gasteiger partial charge in [0.1, 0.15) is 11.5 Å². The van der Waals surface area contributed by atoms with Crippen molar-refractivity contribution in [2.24, 2.45) is 0 Å². The molecule has 0 saturated heterocycles. The molecule has 4 heteroatoms. The third-order valence-corrected chi connectivity index (χ3v) is 4.40. The lowest BCUT2D eigenvalue weighted by Gasteiger charge is -2.19. The molecule has 2 aromatic carbocycles. The molecule has 132 valence electrons. The van der Waals surface area contributed by atoms with Crippen LogP contribution in [0.3, 0.4) is 0 Å². The molecular formula is C22H22N2O2. The Labute approximate surface area is 154 Å². The lowest BCUT2D eigenvalue weighted by atomic mass is 9.87. The summed E-state index contributed by atoms with van der Waals surface area (Å²) in [6.07, 6.45) is 0.841. The lowest BCUT2D eigenvalue weighted by Crippen LogP contribution is -2.26. The van der Waals surface area contributed by atoms with Crippen molar-refractivity contribution >= 4 is 11.6 Å². The summed E-state index contributed by atoms with van der Waals surface area (Å²) in [6.45, 7) is 6.53. The van der Waals surface area contributed by atoms with Gasteiger partial charge in [-0.2, -0.15) is 5.26 Å². The predicted molar refractivity (Wildman–Crippen MR) is 102 cm³/mol. The molecule has 0 spiro atoms. The summed E-state index contributed by atoms with van der Waals surface area (Å²) in [5, 5.41) is 12.1. The van der Waals surface area contributed by atoms with Crippen LogP contribution in [0, 0.1) is 11.3 Å². The van der Waals surface area contributed by atoms with Crippen LogP contribution in [0.15, 0.2) is 54.1 Å². The Bertz CT molecular complexity index is 880. The first-order valence-electron chi connectivity index (χ1n) is 8.69. The summed E-state index contributed by atoms with van der Waals surface area (Å²) in [4.78, 5) is 11.6. The molecule has 1 aliphatic heterocycles. The van der Waals surface area contributed by atoms with Crippen molar-refractivity contribution in [2.45, 2.75) is 39.0 Å². The van der Waals surface area contributed by atoms with Gasteiger partial charge < -0.3 is 10.1 Å². The van der Waals surface area contributed by atoms with Crippen molar-refractivity contribution < 1.29 is 9.53 Å². The average molecular weight is 346 g/mol. The van der Waals surface area contributed by atoms with Crippen LogP contribution in [0.1, 0.15) is 44.7 Å². The van der Waals surface area contributed by atoms with E-state index in [0.717, 1.165) is 11.3 Å². The van der Waals surface area contributed by atoms with Crippen molar-refractivity contribution in [1.82, 2.24) is 5.32 Å². The second-order valence-electron chi connectivity index (χ2n) is 7.41. The number of nitriles is 1. The summed E-state index contributed by atoms with van der Waals surface area (Å²) in [5.41, 5.74) is 3.38. The third-order valence-electron chi connectivity index (χ3n) is 4.40. The Morgan fingerprint density at radius 2 is 1.54 bits per heavy atom. The van der Waals surface area contributed by atoms with E-state index < -0.39 is 0 Å². The van der Waals surface area contributed by atoms with E-state index in [2.05, 4.69) is 44.3 Å². The molecule has 0 saturated carbocycles. The number of benzene rings is 2. The summed E-state index contributed by atoms with van der Waals surface area (Å²) in [5.74, 6) is 1.42. The molecule has 0 fully saturated rings. The summed E-state index contributed by atoms with van der Waals surface area (Å²) in [7, 11) is 0. The average Bonchev–Trinajstić information content (AvgIpc) is 2.62. The van der Waals surface area contributed by atoms with E-state index in [1.165, 1.54) is 5.56 Å². The molecule has 26 heavy (non-hydrogen) atoms. The highest BCUT2D eigenvalue weighted by molar-refractivity contribution is 5.91. The summed E-state index contributed by atoms with van der Waals surface area (Å²) >= 11 is 0. The van der Waals surface area contributed by atoms with Crippen LogP contribution in [0.25, 0.3) is 5.70 Å². The number of allylic oxidation sites excluding steroid dienone is 1. The molecular weight excluding hydrogens is 324 g/mol. The van der Waals surface area contributed by atoms with E-state index in [9.17, 15) is 10.1 Å². The number of hydrogen-bond acceptors (Lipinski definition) is 3. The number of rotatable bonds is 3. The van der Waals surface area contributed by atoms with Gasteiger partial charge in [0.15, 0.2) is 0 Å². The van der Waals surface area contributed by atoms with Crippen molar-refractivity contribution in [3.05, 3.63) is 65.2 Å². The number of amides is 1. The van der Waals surface area contributed by atoms with Crippen molar-refractivity contribution in [3.63, 3.8) is 0 Å². The van der Waals surface area contributed by atoms with E-state index in [1.54, 1.807) is 0 Å². The molecule has 0 unspecified atom stereocenters. The van der Waals surface area contributed by atoms with Crippen LogP contribution < -0.4 is 10.1 Å². The minimum atomic E-state index is -0.0572. The molecule has 4 nitrogen and oxygen atoms in total. The first kappa shape index (κ1) is 17.8. The van der Waals surface area contributed by atoms with E-state index in [1.807, 2.05) is 36.4 Å². The SMILES string of the molecule is CC(C)(C)c1ccc(Oc2ccc(C3=C(C#N)CCC(=O)N3)cc2)cc1. The normalized spacial score (nSPS) is 14.6. The lowest BCUT2D eigenvalue weighted by molar-refractivity contribution is -0.120. The molecule has 1 N–H and O–H groups in total. The first-order valence-corrected chi connectivity index (χ1v) is 8.69. The van der Waals surface area contributed by atoms with Crippen LogP contribution in [-0.4, -0.2) is 5.91 Å². The number of nitrogens with zero attached hydrogens (tertiary/aromatic N) is 1. The maximum atomic E-state index is 11.6. The van der Waals surface area contributed by atoms with Crippen molar-refractivity contribution in [3.8, 4) is 17.6 Å². The molecule has 0 aliphatic carbocycles. The molecule has 2 aromatic rings. The molecule has 1 heterocycles. The van der Waals surface area contributed by atoms with Gasteiger partial charge in [0.2, 0.25) is 5.91 Å². The number of carbonyl (C=O) groups is 1. The zero-order chi connectivity index (χ0) is 18.7. The van der Waals surface area contributed by atoms with Crippen LogP contribution >= 0.6 is 0 Å². The summed E-state index contributed by atoms with van der Waals surface area (Å²) < 4.78 is 5.89. The molecule has 0 atom stereocenters. The van der Waals surface area contributed by atoms with Crippen LogP contribution in [0.4, 0.5) is 0 Å². The Kier molecular flexibility index (Phi) is 4.81. The second-order valence-corrected chi connectivity index (χ2v) is 7.41. The van der Waals surface area contributed by atoms with Gasteiger partial charge in [-0.15, -0.1) is 0 Å². The highest BCUT2D eigenvalue weighted by atomic mass is 16.5. The predicted octanol–water partition coefficient (Wildman–Crippen LogP) is 4.92. The first-order chi connectivity index (χ1) is 12.4. The highest BCUT2D eigenvalue weighted by Crippen LogP contribution is 2.29. The fourth-order valence-corrected chi connectivity index (χ4v) is 2.85. The third kappa shape index (κ3) is 3.94. The van der Waals surface area contributed by atoms with Gasteiger partial charge in [0, 0.05) is 6.42 Å². The van der Waals surface area contributed by atoms with Crippen molar-refractivity contribution in [2.75, 3.05) is 0 Å². The van der Waals surface area contributed by atoms with Crippen molar-refractivity contribution in [1.29, 1.82) is 5.26 Å². The fourth-order valence-electron chi connectivity index (χ4n) is 2.85. The van der Waals surface area contributed by atoms with Gasteiger partial charge in [-0.3, -0.25) is 4.79 Å². The molecule has 1 amide bonds. The fraction of sp³-hybridized carbons (Fsp3) is 0.273. The van der Waals surface area contributed by atoms with Gasteiger partial charge in [-0.05, 0) is 59.4 Å². The monoisotopic (exact) mass is 346 g/mol. The zero-order valence-electron chi connectivity index (χ0n) is 15.3. The Balaban J connectivity index is 1.77. The summed E-state index contributed by atoms with van der Waals surface area (Å²) in [6, 6.07) is 17.7. The maximum Gasteiger partial charge on any atom is 0.224 e. The van der Waals surface area contributed by atoms with Gasteiger partial charge in [-0.25, -0.2) is 0 Å². The standard InChI is InChI=1S/C22H22N2O2/c1-22(2,3)17-7-11-19(12-8-17)26-18-9-4-15(5-10-18)21-16(14-23)6-13-20(25)24-21/h4-5,7-12H,6,13H2,1-3H3,(H,24,25). The maximum absolute atomic E-state index is 11.6. The zero-order valence-corrected chi connectivity index (χ0v) is 15.3. The van der Waals surface area contributed by atoms with E-state index in [4.69, 9.17) is 4.74 Å². The Morgan fingerprint density at radius 1 is 0.962 bits per heavy atom. The number of ether oxygens (including phenoxy) is 1. The van der Waals surface area contributed by atoms with Gasteiger partial charge in [0.05, 0.1) is 17.3 Å². The van der Waals surface area contributed by atoms with Crippen LogP contribution in [-0.2, 0) is 10.2 Å². The van der Waals surface area contributed by atoms with E-state index in [-0.39, 0.29) is 11.3 Å². The van der Waals surface area contributed by atoms with E-state index in [0.29, 0.717) is 29.9 Å². The Morgan fingerprint density at radius 3 is 2.08 bits per heavy atom. The Hall–Kier alpha value is -3.06.